The van der Waals surface area contributed by atoms with Gasteiger partial charge < -0.3 is 29.1 Å². The van der Waals surface area contributed by atoms with Crippen LogP contribution in [0.15, 0.2) is 60.7 Å². The van der Waals surface area contributed by atoms with Crippen molar-refractivity contribution in [2.45, 2.75) is 33.1 Å². The number of carbonyl (C=O) groups excluding carboxylic acids is 2. The number of aryl methyl sites for hydroxylation is 1. The van der Waals surface area contributed by atoms with Crippen LogP contribution >= 0.6 is 23.2 Å². The van der Waals surface area contributed by atoms with Crippen LogP contribution < -0.4 is 14.8 Å². The van der Waals surface area contributed by atoms with Crippen LogP contribution in [-0.4, -0.2) is 39.7 Å². The Bertz CT molecular complexity index is 934. The van der Waals surface area contributed by atoms with Crippen molar-refractivity contribution in [2.24, 2.45) is 0 Å². The normalized spacial score (nSPS) is 10.7. The second-order valence-electron chi connectivity index (χ2n) is 7.61. The molecule has 2 aromatic rings. The number of allylic oxidation sites excluding steroid dienone is 1. The molecule has 0 radical (unpaired) electrons. The fourth-order valence-electron chi connectivity index (χ4n) is 3.09. The largest absolute Gasteiger partial charge is 0.491 e. The summed E-state index contributed by atoms with van der Waals surface area (Å²) < 4.78 is 17.1. The molecule has 0 fully saturated rings. The molecule has 0 aliphatic carbocycles. The SMILES string of the molecule is C=C(NC)O/C(=C\C)COc1ccc(C(C)(C)c2cc(C)c(OCCCl)c(Cl)c2)cc1.C=O.C=O. The van der Waals surface area contributed by atoms with Crippen LogP contribution in [0, 0.1) is 6.92 Å². The van der Waals surface area contributed by atoms with Crippen molar-refractivity contribution in [1.29, 1.82) is 0 Å². The quantitative estimate of drug-likeness (QED) is 0.278. The summed E-state index contributed by atoms with van der Waals surface area (Å²) in [6.07, 6.45) is 1.85. The Morgan fingerprint density at radius 3 is 2.14 bits per heavy atom. The predicted molar refractivity (Wildman–Crippen MR) is 144 cm³/mol. The molecule has 0 aliphatic rings. The number of nitrogens with one attached hydrogen (secondary N) is 1. The Hall–Kier alpha value is -2.96. The van der Waals surface area contributed by atoms with Gasteiger partial charge in [-0.3, -0.25) is 0 Å². The van der Waals surface area contributed by atoms with E-state index in [2.05, 4.69) is 43.9 Å². The summed E-state index contributed by atoms with van der Waals surface area (Å²) in [5, 5.41) is 3.45. The Balaban J connectivity index is 0.00000274. The van der Waals surface area contributed by atoms with E-state index in [0.29, 0.717) is 41.5 Å². The first-order valence-electron chi connectivity index (χ1n) is 10.7. The molecule has 0 bridgehead atoms. The molecular weight excluding hydrogens is 489 g/mol. The summed E-state index contributed by atoms with van der Waals surface area (Å²) in [7, 11) is 1.76. The van der Waals surface area contributed by atoms with Crippen molar-refractivity contribution in [1.82, 2.24) is 5.32 Å². The van der Waals surface area contributed by atoms with Crippen molar-refractivity contribution in [3.63, 3.8) is 0 Å². The molecule has 2 aromatic carbocycles. The van der Waals surface area contributed by atoms with Gasteiger partial charge in [-0.1, -0.05) is 43.6 Å². The van der Waals surface area contributed by atoms with Gasteiger partial charge in [-0.05, 0) is 61.4 Å². The summed E-state index contributed by atoms with van der Waals surface area (Å²) in [4.78, 5) is 16.0. The van der Waals surface area contributed by atoms with Gasteiger partial charge in [0, 0.05) is 12.5 Å². The first kappa shape index (κ1) is 32.0. The molecule has 0 unspecified atom stereocenters. The van der Waals surface area contributed by atoms with E-state index in [0.717, 1.165) is 22.4 Å². The van der Waals surface area contributed by atoms with Gasteiger partial charge in [0.1, 0.15) is 44.1 Å². The summed E-state index contributed by atoms with van der Waals surface area (Å²) in [5.41, 5.74) is 3.00. The Morgan fingerprint density at radius 2 is 1.66 bits per heavy atom. The highest BCUT2D eigenvalue weighted by atomic mass is 35.5. The van der Waals surface area contributed by atoms with E-state index in [1.165, 1.54) is 0 Å². The molecule has 0 amide bonds. The van der Waals surface area contributed by atoms with E-state index in [-0.39, 0.29) is 5.41 Å². The molecule has 192 valence electrons. The molecule has 2 rings (SSSR count). The minimum absolute atomic E-state index is 0.250. The van der Waals surface area contributed by atoms with Crippen molar-refractivity contribution in [2.75, 3.05) is 26.1 Å². The maximum Gasteiger partial charge on any atom is 0.185 e. The zero-order valence-corrected chi connectivity index (χ0v) is 22.6. The lowest BCUT2D eigenvalue weighted by Gasteiger charge is -2.27. The van der Waals surface area contributed by atoms with Crippen molar-refractivity contribution < 1.29 is 23.8 Å². The van der Waals surface area contributed by atoms with E-state index in [1.807, 2.05) is 51.7 Å². The molecule has 35 heavy (non-hydrogen) atoms. The molecule has 6 nitrogen and oxygen atoms in total. The third-order valence-corrected chi connectivity index (χ3v) is 5.52. The second-order valence-corrected chi connectivity index (χ2v) is 8.39. The average molecular weight is 524 g/mol. The Morgan fingerprint density at radius 1 is 1.06 bits per heavy atom. The monoisotopic (exact) mass is 523 g/mol. The topological polar surface area (TPSA) is 73.9 Å². The standard InChI is InChI=1S/C25H31Cl2NO3.2CH2O/c1-7-21(31-18(3)28-6)16-30-22-10-8-19(9-11-22)25(4,5)20-14-17(2)24(23(27)15-20)29-13-12-26;2*1-2/h7-11,14-15,28H,3,12-13,16H2,1-2,4-6H3;2*1H2/b21-7-;;. The third-order valence-electron chi connectivity index (χ3n) is 5.09. The lowest BCUT2D eigenvalue weighted by Crippen LogP contribution is -2.19. The highest BCUT2D eigenvalue weighted by Crippen LogP contribution is 2.38. The fraction of sp³-hybridized carbons (Fsp3) is 0.333. The van der Waals surface area contributed by atoms with Crippen molar-refractivity contribution in [3.8, 4) is 11.5 Å². The maximum absolute atomic E-state index is 8.00. The van der Waals surface area contributed by atoms with Crippen LogP contribution in [0.1, 0.15) is 37.5 Å². The predicted octanol–water partition coefficient (Wildman–Crippen LogP) is 6.21. The summed E-state index contributed by atoms with van der Waals surface area (Å²) in [6.45, 7) is 16.7. The van der Waals surface area contributed by atoms with E-state index < -0.39 is 0 Å². The van der Waals surface area contributed by atoms with Crippen LogP contribution in [-0.2, 0) is 19.7 Å². The summed E-state index contributed by atoms with van der Waals surface area (Å²) in [5.74, 6) is 3.03. The van der Waals surface area contributed by atoms with E-state index in [4.69, 9.17) is 47.0 Å². The summed E-state index contributed by atoms with van der Waals surface area (Å²) in [6, 6.07) is 12.1. The molecule has 0 heterocycles. The number of hydrogen-bond donors (Lipinski definition) is 1. The van der Waals surface area contributed by atoms with Crippen LogP contribution in [0.3, 0.4) is 0 Å². The van der Waals surface area contributed by atoms with Gasteiger partial charge in [0.15, 0.2) is 5.88 Å². The fourth-order valence-corrected chi connectivity index (χ4v) is 3.48. The summed E-state index contributed by atoms with van der Waals surface area (Å²) >= 11 is 12.2. The minimum atomic E-state index is -0.250. The lowest BCUT2D eigenvalue weighted by molar-refractivity contribution is -0.0987. The van der Waals surface area contributed by atoms with Gasteiger partial charge in [-0.15, -0.1) is 11.6 Å². The number of halogens is 2. The third kappa shape index (κ3) is 9.67. The Kier molecular flexibility index (Phi) is 15.2. The van der Waals surface area contributed by atoms with E-state index in [9.17, 15) is 0 Å². The number of ether oxygens (including phenoxy) is 3. The van der Waals surface area contributed by atoms with Crippen LogP contribution in [0.25, 0.3) is 0 Å². The van der Waals surface area contributed by atoms with Crippen molar-refractivity contribution >= 4 is 36.8 Å². The average Bonchev–Trinajstić information content (AvgIpc) is 2.88. The van der Waals surface area contributed by atoms with E-state index >= 15 is 0 Å². The van der Waals surface area contributed by atoms with Crippen LogP contribution in [0.4, 0.5) is 0 Å². The number of carbonyl (C=O) groups is 2. The number of rotatable bonds is 11. The highest BCUT2D eigenvalue weighted by molar-refractivity contribution is 6.32. The second kappa shape index (κ2) is 16.6. The van der Waals surface area contributed by atoms with Gasteiger partial charge >= 0.3 is 0 Å². The van der Waals surface area contributed by atoms with Gasteiger partial charge in [-0.2, -0.15) is 0 Å². The molecule has 8 heteroatoms. The first-order valence-corrected chi connectivity index (χ1v) is 11.6. The molecular formula is C27H35Cl2NO5. The molecule has 0 aliphatic heterocycles. The van der Waals surface area contributed by atoms with Gasteiger partial charge in [0.2, 0.25) is 0 Å². The number of alkyl halides is 1. The zero-order chi connectivity index (χ0) is 27.0. The zero-order valence-electron chi connectivity index (χ0n) is 21.1. The Labute approximate surface area is 218 Å². The number of benzene rings is 2. The minimum Gasteiger partial charge on any atom is -0.491 e. The molecule has 0 spiro atoms. The molecule has 0 aromatic heterocycles. The first-order chi connectivity index (χ1) is 16.7. The van der Waals surface area contributed by atoms with Gasteiger partial charge in [0.05, 0.1) is 10.9 Å². The number of hydrogen-bond acceptors (Lipinski definition) is 6. The maximum atomic E-state index is 8.00. The van der Waals surface area contributed by atoms with Crippen molar-refractivity contribution in [3.05, 3.63) is 82.4 Å². The lowest BCUT2D eigenvalue weighted by atomic mass is 9.77. The van der Waals surface area contributed by atoms with Gasteiger partial charge in [0.25, 0.3) is 0 Å². The molecule has 1 N–H and O–H groups in total. The highest BCUT2D eigenvalue weighted by Gasteiger charge is 2.25. The smallest absolute Gasteiger partial charge is 0.185 e. The van der Waals surface area contributed by atoms with E-state index in [1.54, 1.807) is 7.05 Å². The molecule has 0 atom stereocenters. The van der Waals surface area contributed by atoms with Crippen LogP contribution in [0.2, 0.25) is 5.02 Å². The molecule has 0 saturated heterocycles. The van der Waals surface area contributed by atoms with Gasteiger partial charge in [-0.25, -0.2) is 0 Å². The van der Waals surface area contributed by atoms with Crippen LogP contribution in [0.5, 0.6) is 11.5 Å². The molecule has 0 saturated carbocycles.